The van der Waals surface area contributed by atoms with Crippen LogP contribution in [-0.2, 0) is 0 Å². The van der Waals surface area contributed by atoms with Crippen LogP contribution in [0.25, 0.3) is 0 Å². The highest BCUT2D eigenvalue weighted by molar-refractivity contribution is 4.83. The van der Waals surface area contributed by atoms with E-state index >= 15 is 0 Å². The van der Waals surface area contributed by atoms with Crippen LogP contribution in [0.5, 0.6) is 0 Å². The van der Waals surface area contributed by atoms with Gasteiger partial charge in [-0.3, -0.25) is 0 Å². The molecule has 1 nitrogen and oxygen atoms in total. The Hall–Kier alpha value is -0.0400. The largest absolute Gasteiger partial charge is 0.317 e. The lowest BCUT2D eigenvalue weighted by Crippen LogP contribution is -2.35. The SMILES string of the molecule is CNC(C)CC(C)(CC(C)C(C)C)C(C)C. The van der Waals surface area contributed by atoms with Gasteiger partial charge in [0.25, 0.3) is 0 Å². The lowest BCUT2D eigenvalue weighted by atomic mass is 9.68. The molecule has 0 bridgehead atoms. The minimum atomic E-state index is 0.464. The van der Waals surface area contributed by atoms with Gasteiger partial charge in [-0.25, -0.2) is 0 Å². The van der Waals surface area contributed by atoms with E-state index in [1.54, 1.807) is 0 Å². The fourth-order valence-electron chi connectivity index (χ4n) is 2.33. The van der Waals surface area contributed by atoms with E-state index in [9.17, 15) is 0 Å². The van der Waals surface area contributed by atoms with E-state index in [2.05, 4.69) is 60.8 Å². The molecule has 0 heterocycles. The second kappa shape index (κ2) is 6.64. The van der Waals surface area contributed by atoms with Gasteiger partial charge in [0.15, 0.2) is 0 Å². The molecule has 0 aromatic carbocycles. The Morgan fingerprint density at radius 2 is 1.44 bits per heavy atom. The van der Waals surface area contributed by atoms with Gasteiger partial charge in [0.1, 0.15) is 0 Å². The van der Waals surface area contributed by atoms with E-state index < -0.39 is 0 Å². The van der Waals surface area contributed by atoms with Crippen molar-refractivity contribution in [1.82, 2.24) is 5.32 Å². The molecule has 0 aliphatic rings. The maximum Gasteiger partial charge on any atom is 0.00410 e. The summed E-state index contributed by atoms with van der Waals surface area (Å²) >= 11 is 0. The van der Waals surface area contributed by atoms with Gasteiger partial charge in [-0.1, -0.05) is 41.5 Å². The summed E-state index contributed by atoms with van der Waals surface area (Å²) in [6, 6.07) is 0.617. The topological polar surface area (TPSA) is 12.0 Å². The molecule has 0 amide bonds. The average Bonchev–Trinajstić information content (AvgIpc) is 2.16. The number of nitrogens with one attached hydrogen (secondary N) is 1. The fourth-order valence-corrected chi connectivity index (χ4v) is 2.33. The highest BCUT2D eigenvalue weighted by atomic mass is 14.9. The molecule has 0 radical (unpaired) electrons. The third-order valence-electron chi connectivity index (χ3n) is 4.59. The molecule has 1 N–H and O–H groups in total. The predicted octanol–water partition coefficient (Wildman–Crippen LogP) is 4.33. The summed E-state index contributed by atoms with van der Waals surface area (Å²) in [5.74, 6) is 2.36. The summed E-state index contributed by atoms with van der Waals surface area (Å²) in [6.45, 7) is 16.6. The van der Waals surface area contributed by atoms with Gasteiger partial charge in [0, 0.05) is 6.04 Å². The van der Waals surface area contributed by atoms with E-state index in [-0.39, 0.29) is 0 Å². The Bertz CT molecular complexity index is 186. The van der Waals surface area contributed by atoms with Crippen LogP contribution in [0.1, 0.15) is 61.3 Å². The van der Waals surface area contributed by atoms with Gasteiger partial charge in [-0.2, -0.15) is 0 Å². The predicted molar refractivity (Wildman–Crippen MR) is 74.7 cm³/mol. The highest BCUT2D eigenvalue weighted by Gasteiger charge is 2.32. The number of rotatable bonds is 7. The summed E-state index contributed by atoms with van der Waals surface area (Å²) < 4.78 is 0. The Morgan fingerprint density at radius 3 is 1.75 bits per heavy atom. The van der Waals surface area contributed by atoms with E-state index in [4.69, 9.17) is 0 Å². The molecule has 3 atom stereocenters. The summed E-state index contributed by atoms with van der Waals surface area (Å²) in [4.78, 5) is 0. The Morgan fingerprint density at radius 1 is 0.938 bits per heavy atom. The third-order valence-corrected chi connectivity index (χ3v) is 4.59. The molecular weight excluding hydrogens is 194 g/mol. The van der Waals surface area contributed by atoms with Crippen LogP contribution < -0.4 is 5.32 Å². The van der Waals surface area contributed by atoms with Crippen LogP contribution in [0.4, 0.5) is 0 Å². The fraction of sp³-hybridized carbons (Fsp3) is 1.00. The Kier molecular flexibility index (Phi) is 6.62. The molecule has 0 aliphatic heterocycles. The molecule has 0 aromatic heterocycles. The smallest absolute Gasteiger partial charge is 0.00410 e. The molecule has 16 heavy (non-hydrogen) atoms. The standard InChI is InChI=1S/C15H33N/c1-11(2)13(5)9-15(7,12(3)4)10-14(6)16-8/h11-14,16H,9-10H2,1-8H3. The van der Waals surface area contributed by atoms with Crippen molar-refractivity contribution in [3.8, 4) is 0 Å². The van der Waals surface area contributed by atoms with Crippen LogP contribution in [0.3, 0.4) is 0 Å². The molecule has 1 heteroatoms. The Labute approximate surface area is 103 Å². The first kappa shape index (κ1) is 16.0. The van der Waals surface area contributed by atoms with E-state index in [0.717, 1.165) is 17.8 Å². The molecule has 0 saturated carbocycles. The molecule has 0 aromatic rings. The van der Waals surface area contributed by atoms with Crippen molar-refractivity contribution in [2.24, 2.45) is 23.2 Å². The van der Waals surface area contributed by atoms with Crippen LogP contribution >= 0.6 is 0 Å². The summed E-state index contributed by atoms with van der Waals surface area (Å²) in [6.07, 6.45) is 2.62. The highest BCUT2D eigenvalue weighted by Crippen LogP contribution is 2.40. The van der Waals surface area contributed by atoms with E-state index in [1.807, 2.05) is 0 Å². The number of hydrogen-bond acceptors (Lipinski definition) is 1. The molecule has 0 saturated heterocycles. The van der Waals surface area contributed by atoms with Crippen LogP contribution in [0.15, 0.2) is 0 Å². The zero-order valence-electron chi connectivity index (χ0n) is 12.7. The zero-order valence-corrected chi connectivity index (χ0v) is 12.7. The van der Waals surface area contributed by atoms with Crippen molar-refractivity contribution in [3.63, 3.8) is 0 Å². The zero-order chi connectivity index (χ0) is 12.9. The van der Waals surface area contributed by atoms with Gasteiger partial charge in [0.2, 0.25) is 0 Å². The Balaban J connectivity index is 4.56. The maximum absolute atomic E-state index is 3.38. The first-order valence-electron chi connectivity index (χ1n) is 6.90. The van der Waals surface area contributed by atoms with Crippen molar-refractivity contribution in [3.05, 3.63) is 0 Å². The van der Waals surface area contributed by atoms with Gasteiger partial charge in [-0.15, -0.1) is 0 Å². The van der Waals surface area contributed by atoms with Crippen molar-refractivity contribution in [2.45, 2.75) is 67.3 Å². The summed E-state index contributed by atoms with van der Waals surface area (Å²) in [5.41, 5.74) is 0.464. The molecule has 98 valence electrons. The lowest BCUT2D eigenvalue weighted by Gasteiger charge is -2.39. The lowest BCUT2D eigenvalue weighted by molar-refractivity contribution is 0.123. The average molecular weight is 227 g/mol. The van der Waals surface area contributed by atoms with Gasteiger partial charge in [-0.05, 0) is 50.0 Å². The van der Waals surface area contributed by atoms with Crippen molar-refractivity contribution >= 4 is 0 Å². The molecule has 0 fully saturated rings. The molecule has 0 rings (SSSR count). The normalized spacial score (nSPS) is 19.9. The first-order chi connectivity index (χ1) is 7.23. The van der Waals surface area contributed by atoms with Crippen molar-refractivity contribution in [1.29, 1.82) is 0 Å². The number of hydrogen-bond donors (Lipinski definition) is 1. The monoisotopic (exact) mass is 227 g/mol. The van der Waals surface area contributed by atoms with Gasteiger partial charge in [0.05, 0.1) is 0 Å². The molecule has 0 aliphatic carbocycles. The van der Waals surface area contributed by atoms with Gasteiger partial charge >= 0.3 is 0 Å². The first-order valence-corrected chi connectivity index (χ1v) is 6.90. The molecule has 0 spiro atoms. The van der Waals surface area contributed by atoms with Gasteiger partial charge < -0.3 is 5.32 Å². The van der Waals surface area contributed by atoms with Crippen LogP contribution in [-0.4, -0.2) is 13.1 Å². The van der Waals surface area contributed by atoms with Crippen molar-refractivity contribution in [2.75, 3.05) is 7.05 Å². The quantitative estimate of drug-likeness (QED) is 0.682. The maximum atomic E-state index is 3.38. The van der Waals surface area contributed by atoms with Crippen molar-refractivity contribution < 1.29 is 0 Å². The van der Waals surface area contributed by atoms with Crippen LogP contribution in [0.2, 0.25) is 0 Å². The summed E-state index contributed by atoms with van der Waals surface area (Å²) in [7, 11) is 2.07. The minimum absolute atomic E-state index is 0.464. The second-order valence-electron chi connectivity index (χ2n) is 6.63. The molecular formula is C15H33N. The molecule has 3 unspecified atom stereocenters. The van der Waals surface area contributed by atoms with E-state index in [0.29, 0.717) is 11.5 Å². The van der Waals surface area contributed by atoms with E-state index in [1.165, 1.54) is 12.8 Å². The second-order valence-corrected chi connectivity index (χ2v) is 6.63. The third kappa shape index (κ3) is 4.86. The minimum Gasteiger partial charge on any atom is -0.317 e. The summed E-state index contributed by atoms with van der Waals surface area (Å²) in [5, 5.41) is 3.38. The van der Waals surface area contributed by atoms with Crippen LogP contribution in [0, 0.1) is 23.2 Å².